The summed E-state index contributed by atoms with van der Waals surface area (Å²) in [6.07, 6.45) is -0.144. The summed E-state index contributed by atoms with van der Waals surface area (Å²) >= 11 is -1.15. The first kappa shape index (κ1) is 21.0. The van der Waals surface area contributed by atoms with Crippen molar-refractivity contribution >= 4 is 17.3 Å². The molecule has 0 amide bonds. The predicted molar refractivity (Wildman–Crippen MR) is 100 cm³/mol. The molecule has 0 saturated carbocycles. The molecule has 5 heteroatoms. The van der Waals surface area contributed by atoms with Crippen LogP contribution in [0.2, 0.25) is 0 Å². The van der Waals surface area contributed by atoms with Gasteiger partial charge >= 0.3 is 5.97 Å². The normalized spacial score (nSPS) is 15.2. The fourth-order valence-electron chi connectivity index (χ4n) is 2.08. The molecule has 4 nitrogen and oxygen atoms in total. The van der Waals surface area contributed by atoms with Crippen LogP contribution in [0.3, 0.4) is 0 Å². The van der Waals surface area contributed by atoms with Crippen molar-refractivity contribution in [3.8, 4) is 0 Å². The summed E-state index contributed by atoms with van der Waals surface area (Å²) in [7, 11) is 0. The summed E-state index contributed by atoms with van der Waals surface area (Å²) in [6.45, 7) is 15.2. The van der Waals surface area contributed by atoms with E-state index in [-0.39, 0.29) is 22.9 Å². The minimum absolute atomic E-state index is 0.0815. The topological polar surface area (TPSA) is 61.4 Å². The van der Waals surface area contributed by atoms with Gasteiger partial charge in [-0.3, -0.25) is 4.79 Å². The van der Waals surface area contributed by atoms with Crippen LogP contribution >= 0.6 is 0 Å². The molecule has 0 aliphatic heterocycles. The largest absolute Gasteiger partial charge is 0.598 e. The highest BCUT2D eigenvalue weighted by molar-refractivity contribution is 7.90. The molecular weight excluding hydrogens is 322 g/mol. The van der Waals surface area contributed by atoms with Crippen LogP contribution < -0.4 is 4.72 Å². The summed E-state index contributed by atoms with van der Waals surface area (Å²) in [6, 6.07) is 7.73. The van der Waals surface area contributed by atoms with Crippen LogP contribution in [-0.4, -0.2) is 21.4 Å². The number of carbonyl (C=O) groups is 1. The summed E-state index contributed by atoms with van der Waals surface area (Å²) in [4.78, 5) is 12.4. The zero-order valence-electron chi connectivity index (χ0n) is 16.1. The Kier molecular flexibility index (Phi) is 6.91. The minimum Gasteiger partial charge on any atom is -0.598 e. The van der Waals surface area contributed by atoms with Gasteiger partial charge in [0.1, 0.15) is 4.75 Å². The van der Waals surface area contributed by atoms with Crippen LogP contribution in [0.4, 0.5) is 0 Å². The molecule has 0 aliphatic rings. The molecule has 1 rings (SSSR count). The van der Waals surface area contributed by atoms with Gasteiger partial charge < -0.3 is 9.29 Å². The SMILES string of the molecule is CC(C)OC(=O)C(C)(C)c1cccc([C@@H](C)N[S@+]([O-])C(C)(C)C)c1. The van der Waals surface area contributed by atoms with E-state index < -0.39 is 16.8 Å². The lowest BCUT2D eigenvalue weighted by molar-refractivity contribution is -0.153. The average molecular weight is 354 g/mol. The molecule has 0 fully saturated rings. The van der Waals surface area contributed by atoms with Gasteiger partial charge in [-0.25, -0.2) is 0 Å². The van der Waals surface area contributed by atoms with Crippen molar-refractivity contribution in [2.45, 2.75) is 77.7 Å². The van der Waals surface area contributed by atoms with Crippen LogP contribution in [0.25, 0.3) is 0 Å². The van der Waals surface area contributed by atoms with Crippen molar-refractivity contribution in [3.63, 3.8) is 0 Å². The number of esters is 1. The van der Waals surface area contributed by atoms with Crippen LogP contribution in [0.15, 0.2) is 24.3 Å². The van der Waals surface area contributed by atoms with E-state index in [0.29, 0.717) is 0 Å². The Morgan fingerprint density at radius 2 is 1.75 bits per heavy atom. The third-order valence-corrected chi connectivity index (χ3v) is 5.48. The number of ether oxygens (including phenoxy) is 1. The third kappa shape index (κ3) is 5.50. The van der Waals surface area contributed by atoms with E-state index in [1.807, 2.05) is 79.7 Å². The van der Waals surface area contributed by atoms with E-state index in [1.54, 1.807) is 0 Å². The second-order valence-electron chi connectivity index (χ2n) is 7.93. The second-order valence-corrected chi connectivity index (χ2v) is 9.92. The van der Waals surface area contributed by atoms with Gasteiger partial charge in [-0.05, 0) is 66.5 Å². The molecule has 1 aromatic rings. The Labute approximate surface area is 149 Å². The van der Waals surface area contributed by atoms with Crippen molar-refractivity contribution in [2.24, 2.45) is 0 Å². The molecule has 0 spiro atoms. The zero-order chi connectivity index (χ0) is 18.7. The molecule has 0 radical (unpaired) electrons. The molecule has 0 aromatic heterocycles. The van der Waals surface area contributed by atoms with Crippen molar-refractivity contribution in [3.05, 3.63) is 35.4 Å². The first-order valence-electron chi connectivity index (χ1n) is 8.35. The first-order valence-corrected chi connectivity index (χ1v) is 9.50. The summed E-state index contributed by atoms with van der Waals surface area (Å²) < 4.78 is 20.5. The number of carbonyl (C=O) groups excluding carboxylic acids is 1. The van der Waals surface area contributed by atoms with E-state index >= 15 is 0 Å². The second kappa shape index (κ2) is 7.89. The molecule has 0 unspecified atom stereocenters. The summed E-state index contributed by atoms with van der Waals surface area (Å²) in [5.74, 6) is -0.242. The maximum atomic E-state index is 12.4. The Balaban J connectivity index is 2.99. The lowest BCUT2D eigenvalue weighted by Gasteiger charge is -2.28. The van der Waals surface area contributed by atoms with E-state index in [2.05, 4.69) is 4.72 Å². The first-order chi connectivity index (χ1) is 10.9. The zero-order valence-corrected chi connectivity index (χ0v) is 16.9. The van der Waals surface area contributed by atoms with Crippen LogP contribution in [0.1, 0.15) is 72.6 Å². The molecule has 1 aromatic carbocycles. The Bertz CT molecular complexity index is 564. The quantitative estimate of drug-likeness (QED) is 0.619. The van der Waals surface area contributed by atoms with E-state index in [4.69, 9.17) is 4.74 Å². The van der Waals surface area contributed by atoms with Crippen LogP contribution in [0.5, 0.6) is 0 Å². The highest BCUT2D eigenvalue weighted by Crippen LogP contribution is 2.28. The lowest BCUT2D eigenvalue weighted by atomic mass is 9.83. The van der Waals surface area contributed by atoms with Gasteiger partial charge in [0.15, 0.2) is 0 Å². The van der Waals surface area contributed by atoms with E-state index in [0.717, 1.165) is 11.1 Å². The van der Waals surface area contributed by atoms with Crippen molar-refractivity contribution in [2.75, 3.05) is 0 Å². The number of rotatable bonds is 6. The fraction of sp³-hybridized carbons (Fsp3) is 0.632. The van der Waals surface area contributed by atoms with Crippen molar-refractivity contribution < 1.29 is 14.1 Å². The molecule has 24 heavy (non-hydrogen) atoms. The smallest absolute Gasteiger partial charge is 0.316 e. The fourth-order valence-corrected chi connectivity index (χ4v) is 2.89. The van der Waals surface area contributed by atoms with Gasteiger partial charge in [-0.15, -0.1) is 4.72 Å². The Morgan fingerprint density at radius 1 is 1.17 bits per heavy atom. The van der Waals surface area contributed by atoms with Crippen LogP contribution in [-0.2, 0) is 26.3 Å². The molecule has 1 N–H and O–H groups in total. The standard InChI is InChI=1S/C19H31NO3S/c1-13(2)23-17(21)19(7,8)16-11-9-10-15(12-16)14(3)20-24(22)18(4,5)6/h9-14,20H,1-8H3/t14-,24-/m1/s1. The molecule has 0 bridgehead atoms. The van der Waals surface area contributed by atoms with Gasteiger partial charge in [0, 0.05) is 11.4 Å². The number of nitrogens with one attached hydrogen (secondary N) is 1. The maximum absolute atomic E-state index is 12.4. The molecule has 0 aliphatic carbocycles. The lowest BCUT2D eigenvalue weighted by Crippen LogP contribution is -2.40. The highest BCUT2D eigenvalue weighted by Gasteiger charge is 2.33. The molecule has 0 saturated heterocycles. The monoisotopic (exact) mass is 353 g/mol. The maximum Gasteiger partial charge on any atom is 0.316 e. The number of benzene rings is 1. The van der Waals surface area contributed by atoms with E-state index in [9.17, 15) is 9.35 Å². The Hall–Kier alpha value is -1.04. The van der Waals surface area contributed by atoms with Gasteiger partial charge in [0.25, 0.3) is 0 Å². The molecular formula is C19H31NO3S. The van der Waals surface area contributed by atoms with Gasteiger partial charge in [0.2, 0.25) is 0 Å². The third-order valence-electron chi connectivity index (χ3n) is 3.80. The van der Waals surface area contributed by atoms with Crippen molar-refractivity contribution in [1.82, 2.24) is 4.72 Å². The number of hydrogen-bond donors (Lipinski definition) is 1. The Morgan fingerprint density at radius 3 is 2.25 bits per heavy atom. The van der Waals surface area contributed by atoms with Gasteiger partial charge in [0.05, 0.1) is 17.6 Å². The van der Waals surface area contributed by atoms with E-state index in [1.165, 1.54) is 0 Å². The molecule has 0 heterocycles. The van der Waals surface area contributed by atoms with Crippen LogP contribution in [0, 0.1) is 0 Å². The molecule has 136 valence electrons. The summed E-state index contributed by atoms with van der Waals surface area (Å²) in [5, 5.41) is 0. The van der Waals surface area contributed by atoms with Gasteiger partial charge in [-0.2, -0.15) is 0 Å². The average Bonchev–Trinajstić information content (AvgIpc) is 2.45. The highest BCUT2D eigenvalue weighted by atomic mass is 32.2. The molecule has 2 atom stereocenters. The number of hydrogen-bond acceptors (Lipinski definition) is 4. The minimum atomic E-state index is -1.15. The van der Waals surface area contributed by atoms with Crippen molar-refractivity contribution in [1.29, 1.82) is 0 Å². The summed E-state index contributed by atoms with van der Waals surface area (Å²) in [5.41, 5.74) is 1.15. The van der Waals surface area contributed by atoms with Gasteiger partial charge in [-0.1, -0.05) is 24.3 Å². The predicted octanol–water partition coefficient (Wildman–Crippen LogP) is 4.03.